The molecule has 0 unspecified atom stereocenters. The number of carbonyl (C=O) groups is 1. The van der Waals surface area contributed by atoms with Gasteiger partial charge < -0.3 is 15.6 Å². The van der Waals surface area contributed by atoms with Gasteiger partial charge in [-0.15, -0.1) is 0 Å². The number of hydrogen-bond acceptors (Lipinski definition) is 7. The molecule has 2 aliphatic rings. The van der Waals surface area contributed by atoms with E-state index >= 15 is 0 Å². The minimum atomic E-state index is -0.211. The van der Waals surface area contributed by atoms with Crippen LogP contribution in [0.1, 0.15) is 77.9 Å². The molecule has 2 aromatic rings. The largest absolute Gasteiger partial charge is 0.368 e. The quantitative estimate of drug-likeness (QED) is 0.840. The van der Waals surface area contributed by atoms with Gasteiger partial charge in [0.1, 0.15) is 5.69 Å². The van der Waals surface area contributed by atoms with Crippen LogP contribution < -0.4 is 11.1 Å². The fraction of sp³-hybridized carbons (Fsp3) is 0.611. The molecule has 26 heavy (non-hydrogen) atoms. The van der Waals surface area contributed by atoms with E-state index in [9.17, 15) is 4.79 Å². The maximum atomic E-state index is 12.6. The molecule has 0 radical (unpaired) electrons. The third kappa shape index (κ3) is 3.54. The molecule has 1 amide bonds. The van der Waals surface area contributed by atoms with Gasteiger partial charge >= 0.3 is 0 Å². The number of amides is 1. The highest BCUT2D eigenvalue weighted by atomic mass is 16.5. The number of nitrogens with two attached hydrogens (primary N) is 1. The number of fused-ring (bicyclic) bond motifs is 1. The third-order valence-electron chi connectivity index (χ3n) is 5.24. The van der Waals surface area contributed by atoms with Gasteiger partial charge in [0.25, 0.3) is 5.91 Å². The van der Waals surface area contributed by atoms with Gasteiger partial charge in [-0.05, 0) is 38.5 Å². The van der Waals surface area contributed by atoms with E-state index in [0.717, 1.165) is 55.7 Å². The zero-order valence-electron chi connectivity index (χ0n) is 14.8. The van der Waals surface area contributed by atoms with Crippen LogP contribution >= 0.6 is 0 Å². The Hall–Kier alpha value is -2.51. The maximum Gasteiger partial charge on any atom is 0.270 e. The lowest BCUT2D eigenvalue weighted by atomic mass is 9.94. The van der Waals surface area contributed by atoms with Crippen LogP contribution in [0, 0.1) is 0 Å². The normalized spacial score (nSPS) is 17.2. The molecular formula is C18H24N6O2. The minimum Gasteiger partial charge on any atom is -0.368 e. The molecule has 2 aliphatic carbocycles. The molecule has 8 heteroatoms. The fourth-order valence-corrected chi connectivity index (χ4v) is 3.88. The standard InChI is InChI=1S/C18H24N6O2/c19-18-21-13-8-4-3-7-12(13)15(23-18)16(25)20-10-9-14-22-17(26-24-14)11-5-1-2-6-11/h11H,1-10H2,(H,20,25)(H2,19,21,23). The lowest BCUT2D eigenvalue weighted by Gasteiger charge is -2.17. The van der Waals surface area contributed by atoms with Crippen LogP contribution in [-0.4, -0.2) is 32.6 Å². The Balaban J connectivity index is 1.36. The van der Waals surface area contributed by atoms with Crippen LogP contribution in [0.25, 0.3) is 0 Å². The number of carbonyl (C=O) groups excluding carboxylic acids is 1. The highest BCUT2D eigenvalue weighted by Crippen LogP contribution is 2.32. The number of aryl methyl sites for hydroxylation is 1. The van der Waals surface area contributed by atoms with Crippen molar-refractivity contribution in [1.29, 1.82) is 0 Å². The molecule has 0 aromatic carbocycles. The van der Waals surface area contributed by atoms with E-state index in [1.54, 1.807) is 0 Å². The zero-order chi connectivity index (χ0) is 17.9. The summed E-state index contributed by atoms with van der Waals surface area (Å²) in [5.74, 6) is 1.73. The minimum absolute atomic E-state index is 0.162. The van der Waals surface area contributed by atoms with Crippen LogP contribution in [0.15, 0.2) is 4.52 Å². The van der Waals surface area contributed by atoms with Crippen molar-refractivity contribution in [2.45, 2.75) is 63.7 Å². The van der Waals surface area contributed by atoms with E-state index in [2.05, 4.69) is 25.4 Å². The summed E-state index contributed by atoms with van der Waals surface area (Å²) in [4.78, 5) is 25.5. The molecule has 1 fully saturated rings. The topological polar surface area (TPSA) is 120 Å². The Morgan fingerprint density at radius 3 is 2.77 bits per heavy atom. The van der Waals surface area contributed by atoms with Crippen molar-refractivity contribution >= 4 is 11.9 Å². The summed E-state index contributed by atoms with van der Waals surface area (Å²) >= 11 is 0. The summed E-state index contributed by atoms with van der Waals surface area (Å²) in [7, 11) is 0. The van der Waals surface area contributed by atoms with Gasteiger partial charge in [0.15, 0.2) is 5.82 Å². The van der Waals surface area contributed by atoms with Crippen LogP contribution in [0.4, 0.5) is 5.95 Å². The third-order valence-corrected chi connectivity index (χ3v) is 5.24. The molecular weight excluding hydrogens is 332 g/mol. The number of aromatic nitrogens is 4. The molecule has 1 saturated carbocycles. The summed E-state index contributed by atoms with van der Waals surface area (Å²) in [6.07, 6.45) is 9.04. The molecule has 3 N–H and O–H groups in total. The van der Waals surface area contributed by atoms with Crippen LogP contribution in [0.5, 0.6) is 0 Å². The molecule has 0 bridgehead atoms. The lowest BCUT2D eigenvalue weighted by Crippen LogP contribution is -2.29. The summed E-state index contributed by atoms with van der Waals surface area (Å²) in [6.45, 7) is 0.432. The van der Waals surface area contributed by atoms with E-state index in [1.807, 2.05) is 0 Å². The first-order valence-corrected chi connectivity index (χ1v) is 9.46. The first-order valence-electron chi connectivity index (χ1n) is 9.46. The molecule has 0 saturated heterocycles. The number of nitrogen functional groups attached to an aromatic ring is 1. The Morgan fingerprint density at radius 1 is 1.12 bits per heavy atom. The van der Waals surface area contributed by atoms with Gasteiger partial charge in [-0.1, -0.05) is 18.0 Å². The molecule has 0 atom stereocenters. The van der Waals surface area contributed by atoms with E-state index in [0.29, 0.717) is 30.4 Å². The van der Waals surface area contributed by atoms with Crippen LogP contribution in [-0.2, 0) is 19.3 Å². The Labute approximate surface area is 152 Å². The number of nitrogens with one attached hydrogen (secondary N) is 1. The molecule has 138 valence electrons. The van der Waals surface area contributed by atoms with Gasteiger partial charge in [0.2, 0.25) is 11.8 Å². The van der Waals surface area contributed by atoms with E-state index in [4.69, 9.17) is 10.3 Å². The average molecular weight is 356 g/mol. The van der Waals surface area contributed by atoms with E-state index in [-0.39, 0.29) is 11.9 Å². The summed E-state index contributed by atoms with van der Waals surface area (Å²) in [5, 5.41) is 6.93. The second-order valence-corrected chi connectivity index (χ2v) is 7.10. The van der Waals surface area contributed by atoms with E-state index < -0.39 is 0 Å². The molecule has 0 spiro atoms. The SMILES string of the molecule is Nc1nc2c(c(C(=O)NCCc3noc(C4CCCC4)n3)n1)CCCC2. The Morgan fingerprint density at radius 2 is 1.92 bits per heavy atom. The molecule has 8 nitrogen and oxygen atoms in total. The summed E-state index contributed by atoms with van der Waals surface area (Å²) < 4.78 is 5.37. The predicted octanol–water partition coefficient (Wildman–Crippen LogP) is 1.95. The highest BCUT2D eigenvalue weighted by molar-refractivity contribution is 5.94. The maximum absolute atomic E-state index is 12.6. The number of rotatable bonds is 5. The van der Waals surface area contributed by atoms with Crippen molar-refractivity contribution in [1.82, 2.24) is 25.4 Å². The van der Waals surface area contributed by atoms with Crippen molar-refractivity contribution in [2.24, 2.45) is 0 Å². The van der Waals surface area contributed by atoms with Crippen molar-refractivity contribution in [3.8, 4) is 0 Å². The summed E-state index contributed by atoms with van der Waals surface area (Å²) in [5.41, 5.74) is 8.02. The Bertz CT molecular complexity index is 797. The van der Waals surface area contributed by atoms with Crippen molar-refractivity contribution in [3.05, 3.63) is 28.7 Å². The molecule has 2 aromatic heterocycles. The Kier molecular flexibility index (Phi) is 4.81. The van der Waals surface area contributed by atoms with Crippen LogP contribution in [0.3, 0.4) is 0 Å². The van der Waals surface area contributed by atoms with Gasteiger partial charge in [-0.2, -0.15) is 4.98 Å². The fourth-order valence-electron chi connectivity index (χ4n) is 3.88. The first-order chi connectivity index (χ1) is 12.7. The van der Waals surface area contributed by atoms with Gasteiger partial charge in [-0.25, -0.2) is 9.97 Å². The van der Waals surface area contributed by atoms with Crippen LogP contribution in [0.2, 0.25) is 0 Å². The first kappa shape index (κ1) is 16.9. The zero-order valence-corrected chi connectivity index (χ0v) is 14.8. The molecule has 0 aliphatic heterocycles. The monoisotopic (exact) mass is 356 g/mol. The van der Waals surface area contributed by atoms with Gasteiger partial charge in [-0.3, -0.25) is 4.79 Å². The van der Waals surface area contributed by atoms with Crippen molar-refractivity contribution in [2.75, 3.05) is 12.3 Å². The number of hydrogen-bond donors (Lipinski definition) is 2. The molecule has 2 heterocycles. The smallest absolute Gasteiger partial charge is 0.270 e. The predicted molar refractivity (Wildman–Crippen MR) is 94.6 cm³/mol. The van der Waals surface area contributed by atoms with Crippen molar-refractivity contribution < 1.29 is 9.32 Å². The second-order valence-electron chi connectivity index (χ2n) is 7.10. The lowest BCUT2D eigenvalue weighted by molar-refractivity contribution is 0.0947. The van der Waals surface area contributed by atoms with Crippen molar-refractivity contribution in [3.63, 3.8) is 0 Å². The number of nitrogens with zero attached hydrogens (tertiary/aromatic N) is 4. The number of anilines is 1. The average Bonchev–Trinajstić information content (AvgIpc) is 3.32. The molecule has 4 rings (SSSR count). The second kappa shape index (κ2) is 7.39. The van der Waals surface area contributed by atoms with E-state index in [1.165, 1.54) is 12.8 Å². The highest BCUT2D eigenvalue weighted by Gasteiger charge is 2.24. The van der Waals surface area contributed by atoms with Gasteiger partial charge in [0, 0.05) is 30.1 Å². The van der Waals surface area contributed by atoms with Gasteiger partial charge in [0.05, 0.1) is 0 Å². The summed E-state index contributed by atoms with van der Waals surface area (Å²) in [6, 6.07) is 0.